The molecule has 18 heavy (non-hydrogen) atoms. The zero-order valence-corrected chi connectivity index (χ0v) is 10.6. The molecule has 0 radical (unpaired) electrons. The van der Waals surface area contributed by atoms with E-state index in [1.165, 1.54) is 7.11 Å². The van der Waals surface area contributed by atoms with Gasteiger partial charge < -0.3 is 20.9 Å². The number of hydrogen-bond donors (Lipinski definition) is 3. The molecule has 0 aromatic heterocycles. The molecule has 0 fully saturated rings. The number of methoxy groups -OCH3 is 1. The summed E-state index contributed by atoms with van der Waals surface area (Å²) in [7, 11) is 1.22. The van der Waals surface area contributed by atoms with Gasteiger partial charge in [0.1, 0.15) is 6.04 Å². The number of nitrogens with one attached hydrogen (secondary N) is 1. The van der Waals surface area contributed by atoms with Crippen LogP contribution >= 0.6 is 0 Å². The number of carboxylic acids is 1. The fraction of sp³-hybridized carbons (Fsp3) is 0.727. The summed E-state index contributed by atoms with van der Waals surface area (Å²) in [5.74, 6) is -2.13. The number of ether oxygens (including phenoxy) is 1. The number of hydrogen-bond acceptors (Lipinski definition) is 5. The minimum atomic E-state index is -1.18. The van der Waals surface area contributed by atoms with Crippen LogP contribution in [0.2, 0.25) is 0 Å². The van der Waals surface area contributed by atoms with E-state index >= 15 is 0 Å². The summed E-state index contributed by atoms with van der Waals surface area (Å²) in [5, 5.41) is 11.2. The third-order valence-corrected chi connectivity index (χ3v) is 2.47. The number of aliphatic carboxylic acids is 1. The number of carboxylic acid groups (broad SMARTS) is 1. The van der Waals surface area contributed by atoms with Crippen molar-refractivity contribution >= 4 is 17.8 Å². The van der Waals surface area contributed by atoms with Crippen LogP contribution in [0.1, 0.15) is 32.6 Å². The molecule has 7 heteroatoms. The quantitative estimate of drug-likeness (QED) is 0.513. The Hall–Kier alpha value is -1.63. The van der Waals surface area contributed by atoms with Crippen LogP contribution in [0.3, 0.4) is 0 Å². The molecule has 0 rings (SSSR count). The normalized spacial score (nSPS) is 13.5. The largest absolute Gasteiger partial charge is 0.480 e. The van der Waals surface area contributed by atoms with E-state index in [0.29, 0.717) is 6.42 Å². The molecule has 0 aromatic rings. The molecule has 0 aliphatic heterocycles. The Kier molecular flexibility index (Phi) is 7.69. The van der Waals surface area contributed by atoms with E-state index in [0.717, 1.165) is 0 Å². The van der Waals surface area contributed by atoms with E-state index in [1.54, 1.807) is 0 Å². The fourth-order valence-corrected chi connectivity index (χ4v) is 1.26. The lowest BCUT2D eigenvalue weighted by molar-refractivity contribution is -0.144. The van der Waals surface area contributed by atoms with Gasteiger partial charge in [0.2, 0.25) is 5.91 Å². The van der Waals surface area contributed by atoms with Crippen molar-refractivity contribution in [2.75, 3.05) is 7.11 Å². The van der Waals surface area contributed by atoms with Crippen LogP contribution in [0, 0.1) is 0 Å². The van der Waals surface area contributed by atoms with E-state index in [2.05, 4.69) is 10.1 Å². The van der Waals surface area contributed by atoms with Gasteiger partial charge in [0, 0.05) is 18.9 Å². The van der Waals surface area contributed by atoms with Gasteiger partial charge in [0.05, 0.1) is 7.11 Å². The molecule has 0 saturated heterocycles. The number of amides is 1. The molecule has 1 amide bonds. The lowest BCUT2D eigenvalue weighted by Gasteiger charge is -2.15. The van der Waals surface area contributed by atoms with Gasteiger partial charge in [-0.05, 0) is 12.8 Å². The summed E-state index contributed by atoms with van der Waals surface area (Å²) in [5.41, 5.74) is 5.59. The Morgan fingerprint density at radius 2 is 2.00 bits per heavy atom. The number of esters is 1. The number of nitrogens with two attached hydrogens (primary N) is 1. The standard InChI is InChI=1S/C11H20N2O5/c1-3-7(12)6-9(14)13-8(11(16)17)4-5-10(15)18-2/h7-8H,3-6,12H2,1-2H3,(H,13,14)(H,16,17). The monoisotopic (exact) mass is 260 g/mol. The number of carbonyl (C=O) groups is 3. The van der Waals surface area contributed by atoms with Crippen molar-refractivity contribution in [1.82, 2.24) is 5.32 Å². The summed E-state index contributed by atoms with van der Waals surface area (Å²) in [4.78, 5) is 33.3. The minimum absolute atomic E-state index is 0.00485. The van der Waals surface area contributed by atoms with Crippen LogP contribution in [0.5, 0.6) is 0 Å². The second-order valence-corrected chi connectivity index (χ2v) is 3.95. The summed E-state index contributed by atoms with van der Waals surface area (Å²) < 4.78 is 4.40. The predicted molar refractivity (Wildman–Crippen MR) is 63.7 cm³/mol. The van der Waals surface area contributed by atoms with E-state index in [-0.39, 0.29) is 25.3 Å². The van der Waals surface area contributed by atoms with Gasteiger partial charge in [-0.2, -0.15) is 0 Å². The maximum absolute atomic E-state index is 11.5. The van der Waals surface area contributed by atoms with E-state index in [4.69, 9.17) is 10.8 Å². The first-order chi connectivity index (χ1) is 8.40. The Balaban J connectivity index is 4.23. The summed E-state index contributed by atoms with van der Waals surface area (Å²) in [6.07, 6.45) is 0.633. The minimum Gasteiger partial charge on any atom is -0.480 e. The molecule has 2 atom stereocenters. The first-order valence-corrected chi connectivity index (χ1v) is 5.75. The first-order valence-electron chi connectivity index (χ1n) is 5.75. The van der Waals surface area contributed by atoms with Crippen LogP contribution in [0.4, 0.5) is 0 Å². The van der Waals surface area contributed by atoms with Crippen LogP contribution in [0.25, 0.3) is 0 Å². The number of rotatable bonds is 8. The van der Waals surface area contributed by atoms with Crippen molar-refractivity contribution in [3.63, 3.8) is 0 Å². The third-order valence-electron chi connectivity index (χ3n) is 2.47. The Morgan fingerprint density at radius 1 is 1.39 bits per heavy atom. The highest BCUT2D eigenvalue weighted by atomic mass is 16.5. The van der Waals surface area contributed by atoms with Crippen LogP contribution in [-0.2, 0) is 19.1 Å². The lowest BCUT2D eigenvalue weighted by Crippen LogP contribution is -2.43. The van der Waals surface area contributed by atoms with Crippen LogP contribution in [0.15, 0.2) is 0 Å². The lowest BCUT2D eigenvalue weighted by atomic mass is 10.1. The third kappa shape index (κ3) is 6.85. The van der Waals surface area contributed by atoms with Gasteiger partial charge in [-0.15, -0.1) is 0 Å². The molecule has 104 valence electrons. The predicted octanol–water partition coefficient (Wildman–Crippen LogP) is -0.364. The van der Waals surface area contributed by atoms with Gasteiger partial charge in [0.15, 0.2) is 0 Å². The summed E-state index contributed by atoms with van der Waals surface area (Å²) >= 11 is 0. The molecule has 0 saturated carbocycles. The van der Waals surface area contributed by atoms with Gasteiger partial charge in [-0.1, -0.05) is 6.92 Å². The van der Waals surface area contributed by atoms with Gasteiger partial charge in [-0.3, -0.25) is 9.59 Å². The molecule has 0 spiro atoms. The maximum atomic E-state index is 11.5. The summed E-state index contributed by atoms with van der Waals surface area (Å²) in [6.45, 7) is 1.84. The second kappa shape index (κ2) is 8.46. The molecule has 0 aliphatic carbocycles. The second-order valence-electron chi connectivity index (χ2n) is 3.95. The van der Waals surface area contributed by atoms with E-state index in [1.807, 2.05) is 6.92 Å². The number of carbonyl (C=O) groups excluding carboxylic acids is 2. The average molecular weight is 260 g/mol. The average Bonchev–Trinajstić information content (AvgIpc) is 2.33. The van der Waals surface area contributed by atoms with Crippen molar-refractivity contribution in [2.45, 2.75) is 44.7 Å². The Morgan fingerprint density at radius 3 is 2.44 bits per heavy atom. The fourth-order valence-electron chi connectivity index (χ4n) is 1.26. The van der Waals surface area contributed by atoms with Crippen molar-refractivity contribution in [3.05, 3.63) is 0 Å². The van der Waals surface area contributed by atoms with Crippen molar-refractivity contribution < 1.29 is 24.2 Å². The summed E-state index contributed by atoms with van der Waals surface area (Å²) in [6, 6.07) is -1.39. The van der Waals surface area contributed by atoms with E-state index in [9.17, 15) is 14.4 Å². The smallest absolute Gasteiger partial charge is 0.326 e. The SMILES string of the molecule is CCC(N)CC(=O)NC(CCC(=O)OC)C(=O)O. The van der Waals surface area contributed by atoms with E-state index < -0.39 is 23.9 Å². The molecule has 0 heterocycles. The molecular weight excluding hydrogens is 240 g/mol. The molecule has 0 aliphatic rings. The van der Waals surface area contributed by atoms with Crippen LogP contribution < -0.4 is 11.1 Å². The van der Waals surface area contributed by atoms with Crippen molar-refractivity contribution in [3.8, 4) is 0 Å². The zero-order chi connectivity index (χ0) is 14.1. The van der Waals surface area contributed by atoms with Crippen LogP contribution in [-0.4, -0.2) is 42.1 Å². The highest BCUT2D eigenvalue weighted by molar-refractivity contribution is 5.84. The molecule has 4 N–H and O–H groups in total. The van der Waals surface area contributed by atoms with Crippen molar-refractivity contribution in [1.29, 1.82) is 0 Å². The Bertz CT molecular complexity index is 306. The topological polar surface area (TPSA) is 119 Å². The molecule has 0 bridgehead atoms. The Labute approximate surface area is 106 Å². The molecule has 7 nitrogen and oxygen atoms in total. The molecule has 0 aromatic carbocycles. The highest BCUT2D eigenvalue weighted by Crippen LogP contribution is 2.01. The molecular formula is C11H20N2O5. The van der Waals surface area contributed by atoms with Gasteiger partial charge in [0.25, 0.3) is 0 Å². The zero-order valence-electron chi connectivity index (χ0n) is 10.6. The van der Waals surface area contributed by atoms with Gasteiger partial charge >= 0.3 is 11.9 Å². The maximum Gasteiger partial charge on any atom is 0.326 e. The highest BCUT2D eigenvalue weighted by Gasteiger charge is 2.21. The molecule has 2 unspecified atom stereocenters. The van der Waals surface area contributed by atoms with Gasteiger partial charge in [-0.25, -0.2) is 4.79 Å². The first kappa shape index (κ1) is 16.4. The van der Waals surface area contributed by atoms with Crippen molar-refractivity contribution in [2.24, 2.45) is 5.73 Å².